The molecule has 0 atom stereocenters. The van der Waals surface area contributed by atoms with Crippen molar-refractivity contribution in [3.05, 3.63) is 70.8 Å². The Morgan fingerprint density at radius 3 is 2.32 bits per heavy atom. The molecule has 0 amide bonds. The molecule has 0 aromatic heterocycles. The quantitative estimate of drug-likeness (QED) is 0.586. The lowest BCUT2D eigenvalue weighted by atomic mass is 9.87. The molecule has 0 fully saturated rings. The molecule has 0 heterocycles. The van der Waals surface area contributed by atoms with E-state index < -0.39 is 0 Å². The van der Waals surface area contributed by atoms with Crippen LogP contribution in [0.3, 0.4) is 0 Å². The molecule has 0 nitrogen and oxygen atoms in total. The lowest BCUT2D eigenvalue weighted by Crippen LogP contribution is -1.98. The monoisotopic (exact) mass is 246 g/mol. The third-order valence-electron chi connectivity index (χ3n) is 4.32. The minimum Gasteiger partial charge on any atom is -0.0984 e. The second-order valence-electron chi connectivity index (χ2n) is 5.17. The zero-order valence-corrected chi connectivity index (χ0v) is 11.6. The summed E-state index contributed by atoms with van der Waals surface area (Å²) in [5.74, 6) is 0. The first kappa shape index (κ1) is 12.0. The first-order chi connectivity index (χ1) is 9.19. The molecular formula is C19H18. The normalized spacial score (nSPS) is 11.9. The van der Waals surface area contributed by atoms with Gasteiger partial charge in [0.15, 0.2) is 0 Å². The lowest BCUT2D eigenvalue weighted by Gasteiger charge is -2.16. The van der Waals surface area contributed by atoms with Crippen molar-refractivity contribution >= 4 is 12.2 Å². The topological polar surface area (TPSA) is 0 Å². The van der Waals surface area contributed by atoms with Crippen LogP contribution in [0, 0.1) is 13.8 Å². The van der Waals surface area contributed by atoms with Crippen LogP contribution in [0.25, 0.3) is 23.3 Å². The molecule has 0 unspecified atom stereocenters. The third kappa shape index (κ3) is 1.53. The van der Waals surface area contributed by atoms with Gasteiger partial charge in [-0.25, -0.2) is 0 Å². The molecule has 0 saturated heterocycles. The van der Waals surface area contributed by atoms with Gasteiger partial charge in [0.05, 0.1) is 0 Å². The van der Waals surface area contributed by atoms with Gasteiger partial charge in [0.1, 0.15) is 0 Å². The van der Waals surface area contributed by atoms with Gasteiger partial charge in [-0.05, 0) is 64.8 Å². The van der Waals surface area contributed by atoms with E-state index in [1.54, 1.807) is 0 Å². The van der Waals surface area contributed by atoms with Gasteiger partial charge in [-0.1, -0.05) is 49.6 Å². The molecule has 0 heteroatoms. The minimum atomic E-state index is 1.01. The maximum absolute atomic E-state index is 4.00. The molecule has 0 aliphatic heterocycles. The maximum Gasteiger partial charge on any atom is -0.000718 e. The van der Waals surface area contributed by atoms with Crippen LogP contribution in [-0.4, -0.2) is 0 Å². The van der Waals surface area contributed by atoms with Gasteiger partial charge in [-0.2, -0.15) is 0 Å². The van der Waals surface area contributed by atoms with Crippen LogP contribution in [-0.2, 0) is 6.42 Å². The molecule has 0 spiro atoms. The molecule has 19 heavy (non-hydrogen) atoms. The fraction of sp³-hybridized carbons (Fsp3) is 0.158. The molecule has 3 rings (SSSR count). The van der Waals surface area contributed by atoms with Crippen molar-refractivity contribution in [1.82, 2.24) is 0 Å². The summed E-state index contributed by atoms with van der Waals surface area (Å²) < 4.78 is 0. The van der Waals surface area contributed by atoms with Gasteiger partial charge in [0.25, 0.3) is 0 Å². The molecule has 2 aromatic rings. The zero-order chi connectivity index (χ0) is 13.6. The molecule has 1 aliphatic carbocycles. The maximum atomic E-state index is 4.00. The predicted octanol–water partition coefficient (Wildman–Crippen LogP) is 5.16. The molecule has 0 saturated carbocycles. The fourth-order valence-corrected chi connectivity index (χ4v) is 3.27. The fourth-order valence-electron chi connectivity index (χ4n) is 3.27. The van der Waals surface area contributed by atoms with Crippen LogP contribution in [0.2, 0.25) is 0 Å². The highest BCUT2D eigenvalue weighted by Gasteiger charge is 2.24. The number of hydrogen-bond donors (Lipinski definition) is 0. The van der Waals surface area contributed by atoms with Crippen LogP contribution in [0.4, 0.5) is 0 Å². The first-order valence-corrected chi connectivity index (χ1v) is 6.68. The van der Waals surface area contributed by atoms with E-state index in [9.17, 15) is 0 Å². The summed E-state index contributed by atoms with van der Waals surface area (Å²) in [6.07, 6.45) is 4.95. The number of rotatable bonds is 2. The van der Waals surface area contributed by atoms with Crippen molar-refractivity contribution < 1.29 is 0 Å². The highest BCUT2D eigenvalue weighted by Crippen LogP contribution is 2.43. The van der Waals surface area contributed by atoms with E-state index in [-0.39, 0.29) is 0 Å². The molecule has 94 valence electrons. The predicted molar refractivity (Wildman–Crippen MR) is 84.3 cm³/mol. The average Bonchev–Trinajstić information content (AvgIpc) is 2.81. The highest BCUT2D eigenvalue weighted by atomic mass is 14.3. The molecule has 2 aromatic carbocycles. The lowest BCUT2D eigenvalue weighted by molar-refractivity contribution is 1.22. The summed E-state index contributed by atoms with van der Waals surface area (Å²) in [4.78, 5) is 0. The first-order valence-electron chi connectivity index (χ1n) is 6.68. The molecule has 1 aliphatic rings. The Labute approximate surface area is 115 Å². The number of benzene rings is 2. The SMILES string of the molecule is C=Cc1c(C)c(C)c2c(c1C=C)Cc1ccccc1-2. The van der Waals surface area contributed by atoms with E-state index >= 15 is 0 Å². The van der Waals surface area contributed by atoms with Gasteiger partial charge in [0, 0.05) is 0 Å². The Bertz CT molecular complexity index is 702. The second kappa shape index (κ2) is 4.24. The summed E-state index contributed by atoms with van der Waals surface area (Å²) in [5, 5.41) is 0. The van der Waals surface area contributed by atoms with E-state index in [2.05, 4.69) is 51.3 Å². The van der Waals surface area contributed by atoms with Gasteiger partial charge in [-0.3, -0.25) is 0 Å². The Kier molecular flexibility index (Phi) is 2.67. The molecule has 0 bridgehead atoms. The van der Waals surface area contributed by atoms with Crippen LogP contribution in [0.5, 0.6) is 0 Å². The van der Waals surface area contributed by atoms with Crippen LogP contribution in [0.1, 0.15) is 33.4 Å². The van der Waals surface area contributed by atoms with Crippen molar-refractivity contribution in [1.29, 1.82) is 0 Å². The Balaban J connectivity index is 2.44. The van der Waals surface area contributed by atoms with Crippen LogP contribution < -0.4 is 0 Å². The van der Waals surface area contributed by atoms with E-state index in [1.165, 1.54) is 44.5 Å². The summed E-state index contributed by atoms with van der Waals surface area (Å²) in [6, 6.07) is 8.70. The minimum absolute atomic E-state index is 1.01. The summed E-state index contributed by atoms with van der Waals surface area (Å²) in [6.45, 7) is 12.4. The molecular weight excluding hydrogens is 228 g/mol. The Morgan fingerprint density at radius 2 is 1.63 bits per heavy atom. The van der Waals surface area contributed by atoms with Gasteiger partial charge in [0.2, 0.25) is 0 Å². The van der Waals surface area contributed by atoms with Crippen molar-refractivity contribution in [2.24, 2.45) is 0 Å². The van der Waals surface area contributed by atoms with Crippen molar-refractivity contribution in [3.63, 3.8) is 0 Å². The van der Waals surface area contributed by atoms with Crippen LogP contribution >= 0.6 is 0 Å². The van der Waals surface area contributed by atoms with Crippen molar-refractivity contribution in [3.8, 4) is 11.1 Å². The second-order valence-corrected chi connectivity index (χ2v) is 5.17. The smallest absolute Gasteiger partial charge is 0.000718 e. The standard InChI is InChI=1S/C19H18/c1-5-15-12(3)13(4)19-17-10-8-7-9-14(17)11-18(19)16(15)6-2/h5-10H,1-2,11H2,3-4H3. The molecule has 0 radical (unpaired) electrons. The Hall–Kier alpha value is -2.08. The largest absolute Gasteiger partial charge is 0.0984 e. The number of hydrogen-bond acceptors (Lipinski definition) is 0. The van der Waals surface area contributed by atoms with Gasteiger partial charge < -0.3 is 0 Å². The third-order valence-corrected chi connectivity index (χ3v) is 4.32. The number of fused-ring (bicyclic) bond motifs is 3. The van der Waals surface area contributed by atoms with Crippen molar-refractivity contribution in [2.45, 2.75) is 20.3 Å². The Morgan fingerprint density at radius 1 is 0.947 bits per heavy atom. The van der Waals surface area contributed by atoms with E-state index in [0.717, 1.165) is 6.42 Å². The average molecular weight is 246 g/mol. The van der Waals surface area contributed by atoms with E-state index in [0.29, 0.717) is 0 Å². The summed E-state index contributed by atoms with van der Waals surface area (Å²) in [7, 11) is 0. The summed E-state index contributed by atoms with van der Waals surface area (Å²) >= 11 is 0. The van der Waals surface area contributed by atoms with E-state index in [1.807, 2.05) is 12.2 Å². The zero-order valence-electron chi connectivity index (χ0n) is 11.6. The summed E-state index contributed by atoms with van der Waals surface area (Å²) in [5.41, 5.74) is 10.8. The molecule has 0 N–H and O–H groups in total. The van der Waals surface area contributed by atoms with Gasteiger partial charge in [-0.15, -0.1) is 0 Å². The van der Waals surface area contributed by atoms with Crippen molar-refractivity contribution in [2.75, 3.05) is 0 Å². The highest BCUT2D eigenvalue weighted by molar-refractivity contribution is 5.87. The van der Waals surface area contributed by atoms with E-state index in [4.69, 9.17) is 0 Å². The van der Waals surface area contributed by atoms with Gasteiger partial charge >= 0.3 is 0 Å². The van der Waals surface area contributed by atoms with Crippen LogP contribution in [0.15, 0.2) is 37.4 Å².